The van der Waals surface area contributed by atoms with E-state index in [2.05, 4.69) is 11.8 Å². The van der Waals surface area contributed by atoms with Crippen LogP contribution in [0.1, 0.15) is 29.3 Å². The van der Waals surface area contributed by atoms with Gasteiger partial charge in [0, 0.05) is 16.8 Å². The van der Waals surface area contributed by atoms with Crippen LogP contribution in [-0.2, 0) is 4.79 Å². The fourth-order valence-electron chi connectivity index (χ4n) is 1.16. The second-order valence-corrected chi connectivity index (χ2v) is 3.23. The Morgan fingerprint density at radius 1 is 1.44 bits per heavy atom. The van der Waals surface area contributed by atoms with E-state index in [9.17, 15) is 9.59 Å². The Morgan fingerprint density at radius 3 is 2.69 bits per heavy atom. The van der Waals surface area contributed by atoms with Crippen LogP contribution in [0.25, 0.3) is 0 Å². The minimum absolute atomic E-state index is 0.139. The molecule has 0 amide bonds. The molecule has 3 N–H and O–H groups in total. The highest BCUT2D eigenvalue weighted by Crippen LogP contribution is 2.14. The van der Waals surface area contributed by atoms with Crippen molar-refractivity contribution in [2.75, 3.05) is 5.73 Å². The number of benzene rings is 1. The molecular formula is C12H11NO3. The van der Waals surface area contributed by atoms with E-state index < -0.39 is 5.97 Å². The fourth-order valence-corrected chi connectivity index (χ4v) is 1.16. The number of anilines is 1. The molecular weight excluding hydrogens is 206 g/mol. The number of hydrogen-bond acceptors (Lipinski definition) is 3. The Hall–Kier alpha value is -2.28. The zero-order valence-corrected chi connectivity index (χ0v) is 8.78. The maximum absolute atomic E-state index is 11.2. The molecule has 1 aromatic carbocycles. The number of nitrogens with two attached hydrogens (primary N) is 1. The lowest BCUT2D eigenvalue weighted by Gasteiger charge is -2.01. The van der Waals surface area contributed by atoms with Crippen molar-refractivity contribution in [3.05, 3.63) is 29.3 Å². The van der Waals surface area contributed by atoms with Crippen LogP contribution in [0.2, 0.25) is 0 Å². The molecule has 0 fully saturated rings. The summed E-state index contributed by atoms with van der Waals surface area (Å²) in [5.41, 5.74) is 6.99. The normalized spacial score (nSPS) is 9.06. The van der Waals surface area contributed by atoms with Gasteiger partial charge in [-0.25, -0.2) is 0 Å². The first-order valence-corrected chi connectivity index (χ1v) is 4.62. The maximum atomic E-state index is 11.2. The highest BCUT2D eigenvalue weighted by Gasteiger charge is 2.04. The van der Waals surface area contributed by atoms with Crippen molar-refractivity contribution >= 4 is 17.4 Å². The Labute approximate surface area is 93.1 Å². The van der Waals surface area contributed by atoms with Crippen molar-refractivity contribution in [3.8, 4) is 11.8 Å². The molecule has 0 aliphatic rings. The minimum atomic E-state index is -0.977. The second kappa shape index (κ2) is 4.99. The Balaban J connectivity index is 2.98. The zero-order chi connectivity index (χ0) is 12.1. The van der Waals surface area contributed by atoms with Crippen LogP contribution < -0.4 is 5.73 Å². The third-order valence-electron chi connectivity index (χ3n) is 1.90. The number of rotatable bonds is 2. The number of carbonyl (C=O) groups excluding carboxylic acids is 1. The summed E-state index contributed by atoms with van der Waals surface area (Å²) in [6.07, 6.45) is -0.222. The third kappa shape index (κ3) is 3.14. The van der Waals surface area contributed by atoms with E-state index in [1.165, 1.54) is 6.92 Å². The van der Waals surface area contributed by atoms with Gasteiger partial charge in [-0.15, -0.1) is 0 Å². The van der Waals surface area contributed by atoms with Crippen molar-refractivity contribution in [1.82, 2.24) is 0 Å². The van der Waals surface area contributed by atoms with Gasteiger partial charge in [0.2, 0.25) is 0 Å². The SMILES string of the molecule is CC(=O)c1cc(C#CCC(=O)O)ccc1N. The summed E-state index contributed by atoms with van der Waals surface area (Å²) >= 11 is 0. The second-order valence-electron chi connectivity index (χ2n) is 3.23. The number of carbonyl (C=O) groups is 2. The third-order valence-corrected chi connectivity index (χ3v) is 1.90. The lowest BCUT2D eigenvalue weighted by atomic mass is 10.1. The molecule has 0 saturated heterocycles. The molecule has 0 aliphatic heterocycles. The zero-order valence-electron chi connectivity index (χ0n) is 8.78. The predicted octanol–water partition coefficient (Wildman–Crippen LogP) is 1.30. The highest BCUT2D eigenvalue weighted by molar-refractivity contribution is 5.99. The Morgan fingerprint density at radius 2 is 2.12 bits per heavy atom. The summed E-state index contributed by atoms with van der Waals surface area (Å²) in [6, 6.07) is 4.80. The number of nitrogen functional groups attached to an aromatic ring is 1. The molecule has 0 bridgehead atoms. The van der Waals surface area contributed by atoms with Crippen LogP contribution in [0.3, 0.4) is 0 Å². The molecule has 0 heterocycles. The van der Waals surface area contributed by atoms with Crippen molar-refractivity contribution in [1.29, 1.82) is 0 Å². The molecule has 0 saturated carbocycles. The average Bonchev–Trinajstić information content (AvgIpc) is 2.19. The van der Waals surface area contributed by atoms with Crippen molar-refractivity contribution in [3.63, 3.8) is 0 Å². The van der Waals surface area contributed by atoms with Gasteiger partial charge in [0.25, 0.3) is 0 Å². The molecule has 16 heavy (non-hydrogen) atoms. The van der Waals surface area contributed by atoms with Gasteiger partial charge in [-0.05, 0) is 25.1 Å². The van der Waals surface area contributed by atoms with E-state index in [1.807, 2.05) is 0 Å². The van der Waals surface area contributed by atoms with Crippen LogP contribution in [0.4, 0.5) is 5.69 Å². The highest BCUT2D eigenvalue weighted by atomic mass is 16.4. The topological polar surface area (TPSA) is 80.4 Å². The summed E-state index contributed by atoms with van der Waals surface area (Å²) in [5.74, 6) is 4.03. The summed E-state index contributed by atoms with van der Waals surface area (Å²) < 4.78 is 0. The molecule has 1 rings (SSSR count). The Kier molecular flexibility index (Phi) is 3.67. The molecule has 0 aromatic heterocycles. The average molecular weight is 217 g/mol. The van der Waals surface area contributed by atoms with Crippen LogP contribution in [-0.4, -0.2) is 16.9 Å². The smallest absolute Gasteiger partial charge is 0.315 e. The molecule has 4 nitrogen and oxygen atoms in total. The quantitative estimate of drug-likeness (QED) is 0.444. The van der Waals surface area contributed by atoms with Crippen LogP contribution in [0.15, 0.2) is 18.2 Å². The summed E-state index contributed by atoms with van der Waals surface area (Å²) in [5, 5.41) is 8.40. The number of carboxylic acid groups (broad SMARTS) is 1. The van der Waals surface area contributed by atoms with Crippen LogP contribution in [0.5, 0.6) is 0 Å². The van der Waals surface area contributed by atoms with Gasteiger partial charge in [0.15, 0.2) is 5.78 Å². The van der Waals surface area contributed by atoms with Gasteiger partial charge in [-0.3, -0.25) is 9.59 Å². The number of carboxylic acids is 1. The van der Waals surface area contributed by atoms with Crippen LogP contribution in [0, 0.1) is 11.8 Å². The molecule has 0 aliphatic carbocycles. The van der Waals surface area contributed by atoms with E-state index in [0.717, 1.165) is 0 Å². The first-order chi connectivity index (χ1) is 7.50. The summed E-state index contributed by atoms with van der Waals surface area (Å²) in [7, 11) is 0. The molecule has 0 radical (unpaired) electrons. The summed E-state index contributed by atoms with van der Waals surface area (Å²) in [6.45, 7) is 1.42. The number of hydrogen-bond donors (Lipinski definition) is 2. The number of Topliss-reactive ketones (excluding diaryl/α,β-unsaturated/α-hetero) is 1. The minimum Gasteiger partial charge on any atom is -0.481 e. The molecule has 4 heteroatoms. The first-order valence-electron chi connectivity index (χ1n) is 4.62. The maximum Gasteiger partial charge on any atom is 0.315 e. The van der Waals surface area contributed by atoms with Crippen molar-refractivity contribution in [2.24, 2.45) is 0 Å². The predicted molar refractivity (Wildman–Crippen MR) is 60.0 cm³/mol. The fraction of sp³-hybridized carbons (Fsp3) is 0.167. The van der Waals surface area contributed by atoms with Crippen LogP contribution >= 0.6 is 0 Å². The van der Waals surface area contributed by atoms with Gasteiger partial charge < -0.3 is 10.8 Å². The van der Waals surface area contributed by atoms with E-state index in [1.54, 1.807) is 18.2 Å². The van der Waals surface area contributed by atoms with Crippen molar-refractivity contribution in [2.45, 2.75) is 13.3 Å². The first kappa shape index (κ1) is 11.8. The summed E-state index contributed by atoms with van der Waals surface area (Å²) in [4.78, 5) is 21.4. The Bertz CT molecular complexity index is 495. The van der Waals surface area contributed by atoms with E-state index in [-0.39, 0.29) is 12.2 Å². The standard InChI is InChI=1S/C12H11NO3/c1-8(14)10-7-9(5-6-11(10)13)3-2-4-12(15)16/h5-7H,4,13H2,1H3,(H,15,16). The van der Waals surface area contributed by atoms with Crippen molar-refractivity contribution < 1.29 is 14.7 Å². The monoisotopic (exact) mass is 217 g/mol. The van der Waals surface area contributed by atoms with Gasteiger partial charge in [0.1, 0.15) is 6.42 Å². The molecule has 82 valence electrons. The van der Waals surface area contributed by atoms with E-state index in [0.29, 0.717) is 16.8 Å². The lowest BCUT2D eigenvalue weighted by molar-refractivity contribution is -0.135. The van der Waals surface area contributed by atoms with Gasteiger partial charge in [-0.2, -0.15) is 0 Å². The van der Waals surface area contributed by atoms with Gasteiger partial charge >= 0.3 is 5.97 Å². The lowest BCUT2D eigenvalue weighted by Crippen LogP contribution is -1.99. The molecule has 1 aromatic rings. The molecule has 0 spiro atoms. The van der Waals surface area contributed by atoms with E-state index >= 15 is 0 Å². The number of ketones is 1. The molecule has 0 atom stereocenters. The number of aliphatic carboxylic acids is 1. The van der Waals surface area contributed by atoms with E-state index in [4.69, 9.17) is 10.8 Å². The van der Waals surface area contributed by atoms with Gasteiger partial charge in [0.05, 0.1) is 0 Å². The molecule has 0 unspecified atom stereocenters. The largest absolute Gasteiger partial charge is 0.481 e. The van der Waals surface area contributed by atoms with Gasteiger partial charge in [-0.1, -0.05) is 11.8 Å².